The fourth-order valence-corrected chi connectivity index (χ4v) is 1.74. The SMILES string of the molecule is COc1cnc(Br)c(OC)c1S. The van der Waals surface area contributed by atoms with Crippen molar-refractivity contribution in [3.8, 4) is 11.5 Å². The number of nitrogens with zero attached hydrogens (tertiary/aromatic N) is 1. The Morgan fingerprint density at radius 3 is 2.58 bits per heavy atom. The van der Waals surface area contributed by atoms with Gasteiger partial charge in [0.15, 0.2) is 11.5 Å². The first-order valence-corrected chi connectivity index (χ1v) is 4.40. The van der Waals surface area contributed by atoms with Crippen molar-refractivity contribution in [3.63, 3.8) is 0 Å². The van der Waals surface area contributed by atoms with E-state index in [-0.39, 0.29) is 0 Å². The molecule has 12 heavy (non-hydrogen) atoms. The molecule has 66 valence electrons. The average molecular weight is 250 g/mol. The fraction of sp³-hybridized carbons (Fsp3) is 0.286. The zero-order valence-electron chi connectivity index (χ0n) is 6.67. The number of thiol groups is 1. The first-order chi connectivity index (χ1) is 5.70. The van der Waals surface area contributed by atoms with Gasteiger partial charge in [0, 0.05) is 0 Å². The lowest BCUT2D eigenvalue weighted by atomic mass is 10.4. The van der Waals surface area contributed by atoms with Crippen LogP contribution < -0.4 is 9.47 Å². The number of hydrogen-bond acceptors (Lipinski definition) is 4. The summed E-state index contributed by atoms with van der Waals surface area (Å²) in [5, 5.41) is 0. The Labute approximate surface area is 84.6 Å². The average Bonchev–Trinajstić information content (AvgIpc) is 2.06. The normalized spacial score (nSPS) is 9.67. The molecule has 0 atom stereocenters. The van der Waals surface area contributed by atoms with Crippen molar-refractivity contribution in [2.24, 2.45) is 0 Å². The largest absolute Gasteiger partial charge is 0.494 e. The molecule has 0 spiro atoms. The van der Waals surface area contributed by atoms with Crippen LogP contribution >= 0.6 is 28.6 Å². The van der Waals surface area contributed by atoms with E-state index in [2.05, 4.69) is 33.5 Å². The summed E-state index contributed by atoms with van der Waals surface area (Å²) < 4.78 is 10.7. The molecule has 5 heteroatoms. The molecule has 0 unspecified atom stereocenters. The van der Waals surface area contributed by atoms with E-state index in [9.17, 15) is 0 Å². The second kappa shape index (κ2) is 4.00. The second-order valence-corrected chi connectivity index (χ2v) is 3.20. The molecule has 0 aromatic carbocycles. The quantitative estimate of drug-likeness (QED) is 0.644. The Balaban J connectivity index is 3.24. The maximum atomic E-state index is 5.05. The molecule has 1 heterocycles. The van der Waals surface area contributed by atoms with Crippen LogP contribution in [-0.2, 0) is 0 Å². The van der Waals surface area contributed by atoms with Crippen molar-refractivity contribution < 1.29 is 9.47 Å². The number of aromatic nitrogens is 1. The summed E-state index contributed by atoms with van der Waals surface area (Å²) in [6, 6.07) is 0. The van der Waals surface area contributed by atoms with Gasteiger partial charge in [0.1, 0.15) is 4.60 Å². The molecule has 0 aliphatic heterocycles. The van der Waals surface area contributed by atoms with Gasteiger partial charge in [0.2, 0.25) is 0 Å². The highest BCUT2D eigenvalue weighted by molar-refractivity contribution is 9.10. The number of hydrogen-bond donors (Lipinski definition) is 1. The first kappa shape index (κ1) is 9.67. The first-order valence-electron chi connectivity index (χ1n) is 3.16. The molecule has 1 aromatic rings. The van der Waals surface area contributed by atoms with Gasteiger partial charge in [-0.1, -0.05) is 0 Å². The minimum atomic E-state index is 0.581. The highest BCUT2D eigenvalue weighted by Gasteiger charge is 2.10. The minimum Gasteiger partial charge on any atom is -0.494 e. The van der Waals surface area contributed by atoms with Crippen molar-refractivity contribution in [1.29, 1.82) is 0 Å². The van der Waals surface area contributed by atoms with Gasteiger partial charge in [-0.05, 0) is 15.9 Å². The van der Waals surface area contributed by atoms with Gasteiger partial charge in [0.05, 0.1) is 25.3 Å². The number of halogens is 1. The predicted molar refractivity (Wildman–Crippen MR) is 52.3 cm³/mol. The summed E-state index contributed by atoms with van der Waals surface area (Å²) in [4.78, 5) is 4.64. The van der Waals surface area contributed by atoms with Crippen LogP contribution in [0, 0.1) is 0 Å². The molecule has 0 bridgehead atoms. The molecule has 0 amide bonds. The number of methoxy groups -OCH3 is 2. The summed E-state index contributed by atoms with van der Waals surface area (Å²) in [6.07, 6.45) is 1.58. The summed E-state index contributed by atoms with van der Waals surface area (Å²) in [5.41, 5.74) is 0. The predicted octanol–water partition coefficient (Wildman–Crippen LogP) is 2.15. The zero-order valence-corrected chi connectivity index (χ0v) is 9.15. The Kier molecular flexibility index (Phi) is 3.22. The summed E-state index contributed by atoms with van der Waals surface area (Å²) in [5.74, 6) is 1.18. The van der Waals surface area contributed by atoms with Crippen LogP contribution in [0.15, 0.2) is 15.7 Å². The monoisotopic (exact) mass is 249 g/mol. The van der Waals surface area contributed by atoms with Crippen molar-refractivity contribution >= 4 is 28.6 Å². The van der Waals surface area contributed by atoms with Gasteiger partial charge < -0.3 is 9.47 Å². The van der Waals surface area contributed by atoms with Gasteiger partial charge in [-0.15, -0.1) is 12.6 Å². The van der Waals surface area contributed by atoms with Crippen LogP contribution in [-0.4, -0.2) is 19.2 Å². The van der Waals surface area contributed by atoms with E-state index < -0.39 is 0 Å². The summed E-state index contributed by atoms with van der Waals surface area (Å²) in [7, 11) is 3.12. The zero-order chi connectivity index (χ0) is 9.14. The molecule has 0 saturated heterocycles. The van der Waals surface area contributed by atoms with Crippen LogP contribution in [0.2, 0.25) is 0 Å². The van der Waals surface area contributed by atoms with Crippen molar-refractivity contribution in [1.82, 2.24) is 4.98 Å². The molecule has 3 nitrogen and oxygen atoms in total. The maximum absolute atomic E-state index is 5.05. The Bertz CT molecular complexity index is 293. The second-order valence-electron chi connectivity index (χ2n) is 2.00. The molecule has 0 fully saturated rings. The van der Waals surface area contributed by atoms with E-state index >= 15 is 0 Å². The highest BCUT2D eigenvalue weighted by atomic mass is 79.9. The number of pyridine rings is 1. The molecule has 0 saturated carbocycles. The standard InChI is InChI=1S/C7H8BrNO2S/c1-10-4-3-9-7(8)5(11-2)6(4)12/h3H,1-2H3,(H,9,12). The third-order valence-corrected chi connectivity index (χ3v) is 2.34. The van der Waals surface area contributed by atoms with E-state index in [0.717, 1.165) is 0 Å². The van der Waals surface area contributed by atoms with Crippen LogP contribution in [0.3, 0.4) is 0 Å². The van der Waals surface area contributed by atoms with E-state index in [0.29, 0.717) is 21.0 Å². The lowest BCUT2D eigenvalue weighted by molar-refractivity contribution is 0.371. The number of ether oxygens (including phenoxy) is 2. The third kappa shape index (κ3) is 1.67. The summed E-state index contributed by atoms with van der Waals surface area (Å²) >= 11 is 7.45. The molecular weight excluding hydrogens is 242 g/mol. The molecule has 1 aromatic heterocycles. The topological polar surface area (TPSA) is 31.4 Å². The van der Waals surface area contributed by atoms with Crippen LogP contribution in [0.5, 0.6) is 11.5 Å². The van der Waals surface area contributed by atoms with Gasteiger partial charge >= 0.3 is 0 Å². The molecule has 0 aliphatic carbocycles. The van der Waals surface area contributed by atoms with Gasteiger partial charge in [0.25, 0.3) is 0 Å². The smallest absolute Gasteiger partial charge is 0.168 e. The lowest BCUT2D eigenvalue weighted by Crippen LogP contribution is -1.93. The Morgan fingerprint density at radius 2 is 2.08 bits per heavy atom. The minimum absolute atomic E-state index is 0.581. The molecular formula is C7H8BrNO2S. The van der Waals surface area contributed by atoms with Gasteiger partial charge in [-0.3, -0.25) is 0 Å². The van der Waals surface area contributed by atoms with E-state index in [4.69, 9.17) is 9.47 Å². The van der Waals surface area contributed by atoms with E-state index in [1.165, 1.54) is 0 Å². The van der Waals surface area contributed by atoms with Gasteiger partial charge in [-0.2, -0.15) is 0 Å². The molecule has 0 radical (unpaired) electrons. The van der Waals surface area contributed by atoms with Crippen LogP contribution in [0.25, 0.3) is 0 Å². The van der Waals surface area contributed by atoms with Crippen LogP contribution in [0.1, 0.15) is 0 Å². The third-order valence-electron chi connectivity index (χ3n) is 1.36. The van der Waals surface area contributed by atoms with Crippen molar-refractivity contribution in [3.05, 3.63) is 10.8 Å². The lowest BCUT2D eigenvalue weighted by Gasteiger charge is -2.08. The summed E-state index contributed by atoms with van der Waals surface area (Å²) in [6.45, 7) is 0. The van der Waals surface area contributed by atoms with Crippen molar-refractivity contribution in [2.45, 2.75) is 4.90 Å². The number of rotatable bonds is 2. The molecule has 1 rings (SSSR count). The Hall–Kier alpha value is -0.420. The Morgan fingerprint density at radius 1 is 1.42 bits per heavy atom. The van der Waals surface area contributed by atoms with E-state index in [1.54, 1.807) is 20.4 Å². The van der Waals surface area contributed by atoms with E-state index in [1.807, 2.05) is 0 Å². The van der Waals surface area contributed by atoms with Gasteiger partial charge in [-0.25, -0.2) is 4.98 Å². The molecule has 0 N–H and O–H groups in total. The molecule has 0 aliphatic rings. The maximum Gasteiger partial charge on any atom is 0.168 e. The van der Waals surface area contributed by atoms with Crippen LogP contribution in [0.4, 0.5) is 0 Å². The highest BCUT2D eigenvalue weighted by Crippen LogP contribution is 2.35. The van der Waals surface area contributed by atoms with Crippen molar-refractivity contribution in [2.75, 3.05) is 14.2 Å². The fourth-order valence-electron chi connectivity index (χ4n) is 0.775.